The minimum atomic E-state index is 0.919. The highest BCUT2D eigenvalue weighted by atomic mass is 127. The molecule has 0 aromatic carbocycles. The Morgan fingerprint density at radius 1 is 1.58 bits per heavy atom. The van der Waals surface area contributed by atoms with Crippen molar-refractivity contribution in [3.63, 3.8) is 0 Å². The number of halogens is 2. The summed E-state index contributed by atoms with van der Waals surface area (Å²) in [6.45, 7) is 0. The van der Waals surface area contributed by atoms with Gasteiger partial charge in [0.05, 0.1) is 5.39 Å². The summed E-state index contributed by atoms with van der Waals surface area (Å²) in [7, 11) is 1.89. The summed E-state index contributed by atoms with van der Waals surface area (Å²) in [5.41, 5.74) is 0.919. The molecule has 0 atom stereocenters. The molecule has 2 heterocycles. The fourth-order valence-electron chi connectivity index (χ4n) is 1.07. The van der Waals surface area contributed by atoms with E-state index in [4.69, 9.17) is 0 Å². The van der Waals surface area contributed by atoms with E-state index >= 15 is 0 Å². The van der Waals surface area contributed by atoms with E-state index in [2.05, 4.69) is 48.6 Å². The predicted molar refractivity (Wildman–Crippen MR) is 61.9 cm³/mol. The fraction of sp³-hybridized carbons (Fsp3) is 0. The summed E-state index contributed by atoms with van der Waals surface area (Å²) in [6.07, 6.45) is 1.78. The van der Waals surface area contributed by atoms with Gasteiger partial charge in [-0.2, -0.15) is 5.10 Å². The van der Waals surface area contributed by atoms with Crippen molar-refractivity contribution in [1.82, 2.24) is 14.7 Å². The zero-order valence-corrected chi connectivity index (χ0v) is 10.00. The number of aromatic nitrogens is 3. The molecule has 0 bridgehead atoms. The van der Waals surface area contributed by atoms with Gasteiger partial charge >= 0.3 is 0 Å². The Morgan fingerprint density at radius 2 is 2.33 bits per heavy atom. The maximum absolute atomic E-state index is 4.25. The molecule has 0 amide bonds. The van der Waals surface area contributed by atoms with Gasteiger partial charge in [-0.15, -0.1) is 0 Å². The molecule has 0 spiro atoms. The van der Waals surface area contributed by atoms with Crippen LogP contribution in [0.4, 0.5) is 0 Å². The first-order chi connectivity index (χ1) is 5.68. The van der Waals surface area contributed by atoms with Gasteiger partial charge in [0.15, 0.2) is 0 Å². The van der Waals surface area contributed by atoms with Crippen LogP contribution in [0, 0.1) is 3.70 Å². The van der Waals surface area contributed by atoms with Gasteiger partial charge in [0.25, 0.3) is 7.98 Å². The van der Waals surface area contributed by atoms with Gasteiger partial charge in [-0.05, 0) is 44.6 Å². The molecule has 0 saturated carbocycles. The van der Waals surface area contributed by atoms with Crippen molar-refractivity contribution in [2.24, 2.45) is 0 Å². The predicted octanol–water partition coefficient (Wildman–Crippen LogP) is 1.19. The Kier molecular flexibility index (Phi) is 2.11. The Hall–Kier alpha value is -0.105. The van der Waals surface area contributed by atoms with Gasteiger partial charge in [0.1, 0.15) is 9.35 Å². The van der Waals surface area contributed by atoms with E-state index in [9.17, 15) is 0 Å². The Balaban J connectivity index is 2.90. The van der Waals surface area contributed by atoms with Crippen LogP contribution in [0.3, 0.4) is 0 Å². The number of hydrogen-bond donors (Lipinski definition) is 0. The van der Waals surface area contributed by atoms with Crippen LogP contribution in [0.2, 0.25) is 0 Å². The van der Waals surface area contributed by atoms with Crippen LogP contribution in [0.5, 0.6) is 0 Å². The van der Waals surface area contributed by atoms with Crippen LogP contribution in [-0.2, 0) is 0 Å². The average Bonchev–Trinajstić information content (AvgIpc) is 2.28. The molecule has 0 unspecified atom stereocenters. The summed E-state index contributed by atoms with van der Waals surface area (Å²) >= 11 is 5.58. The van der Waals surface area contributed by atoms with E-state index < -0.39 is 0 Å². The summed E-state index contributed by atoms with van der Waals surface area (Å²) in [6, 6.07) is 2.02. The maximum Gasteiger partial charge on any atom is 0.251 e. The van der Waals surface area contributed by atoms with E-state index in [1.54, 1.807) is 10.8 Å². The van der Waals surface area contributed by atoms with Gasteiger partial charge in [-0.3, -0.25) is 0 Å². The quantitative estimate of drug-likeness (QED) is 0.535. The smallest absolute Gasteiger partial charge is 0.251 e. The zero-order valence-electron chi connectivity index (χ0n) is 6.25. The first-order valence-electron chi connectivity index (χ1n) is 3.32. The monoisotopic (exact) mass is 335 g/mol. The topological polar surface area (TPSA) is 30.7 Å². The highest BCUT2D eigenvalue weighted by Crippen LogP contribution is 2.20. The maximum atomic E-state index is 4.25. The third-order valence-electron chi connectivity index (χ3n) is 1.60. The molecular weight excluding hydrogens is 332 g/mol. The van der Waals surface area contributed by atoms with Crippen LogP contribution in [-0.4, -0.2) is 22.7 Å². The lowest BCUT2D eigenvalue weighted by Crippen LogP contribution is -1.94. The molecule has 2 aromatic heterocycles. The van der Waals surface area contributed by atoms with Crippen molar-refractivity contribution in [3.8, 4) is 0 Å². The minimum absolute atomic E-state index is 0.919. The standard InChI is InChI=1S/C6H4BBrIN3/c7-12-6-4(5(9)11-12)1-3(8)2-10-6/h1-2H,7H2. The van der Waals surface area contributed by atoms with Crippen LogP contribution >= 0.6 is 38.5 Å². The second kappa shape index (κ2) is 2.99. The highest BCUT2D eigenvalue weighted by molar-refractivity contribution is 14.1. The van der Waals surface area contributed by atoms with E-state index in [0.29, 0.717) is 0 Å². The molecular formula is C6H4BBrIN3. The SMILES string of the molecule is Bn1nc(I)c2cc(Br)cnc21. The molecule has 0 N–H and O–H groups in total. The molecule has 0 aliphatic rings. The van der Waals surface area contributed by atoms with Gasteiger partial charge in [-0.1, -0.05) is 0 Å². The molecule has 2 aromatic rings. The lowest BCUT2D eigenvalue weighted by atomic mass is 10.3. The summed E-state index contributed by atoms with van der Waals surface area (Å²) < 4.78 is 3.75. The van der Waals surface area contributed by atoms with Crippen molar-refractivity contribution in [1.29, 1.82) is 0 Å². The molecule has 0 aliphatic carbocycles. The van der Waals surface area contributed by atoms with Crippen LogP contribution in [0.25, 0.3) is 11.0 Å². The molecule has 60 valence electrons. The van der Waals surface area contributed by atoms with Crippen molar-refractivity contribution < 1.29 is 0 Å². The minimum Gasteiger partial charge on any atom is -0.303 e. The van der Waals surface area contributed by atoms with Crippen LogP contribution in [0.1, 0.15) is 0 Å². The number of hydrogen-bond acceptors (Lipinski definition) is 2. The zero-order chi connectivity index (χ0) is 8.72. The number of rotatable bonds is 0. The molecule has 6 heteroatoms. The summed E-state index contributed by atoms with van der Waals surface area (Å²) in [5.74, 6) is 0. The number of nitrogens with zero attached hydrogens (tertiary/aromatic N) is 3. The van der Waals surface area contributed by atoms with Crippen LogP contribution in [0.15, 0.2) is 16.7 Å². The number of fused-ring (bicyclic) bond motifs is 1. The molecule has 3 nitrogen and oxygen atoms in total. The lowest BCUT2D eigenvalue weighted by Gasteiger charge is -1.92. The third-order valence-corrected chi connectivity index (χ3v) is 2.83. The molecule has 0 radical (unpaired) electrons. The average molecular weight is 336 g/mol. The van der Waals surface area contributed by atoms with Gasteiger partial charge in [0, 0.05) is 10.7 Å². The molecule has 12 heavy (non-hydrogen) atoms. The summed E-state index contributed by atoms with van der Waals surface area (Å²) in [4.78, 5) is 4.25. The molecule has 0 fully saturated rings. The van der Waals surface area contributed by atoms with Crippen molar-refractivity contribution >= 4 is 57.5 Å². The fourth-order valence-corrected chi connectivity index (χ4v) is 2.13. The molecule has 0 saturated heterocycles. The van der Waals surface area contributed by atoms with Crippen molar-refractivity contribution in [3.05, 3.63) is 20.4 Å². The Labute approximate surface area is 92.2 Å². The second-order valence-electron chi connectivity index (χ2n) is 2.44. The van der Waals surface area contributed by atoms with E-state index in [1.165, 1.54) is 0 Å². The van der Waals surface area contributed by atoms with E-state index in [1.807, 2.05) is 14.0 Å². The largest absolute Gasteiger partial charge is 0.303 e. The van der Waals surface area contributed by atoms with Crippen molar-refractivity contribution in [2.45, 2.75) is 0 Å². The molecule has 0 aliphatic heterocycles. The van der Waals surface area contributed by atoms with Crippen LogP contribution < -0.4 is 0 Å². The lowest BCUT2D eigenvalue weighted by molar-refractivity contribution is 0.987. The van der Waals surface area contributed by atoms with E-state index in [0.717, 1.165) is 19.2 Å². The van der Waals surface area contributed by atoms with Gasteiger partial charge in [0.2, 0.25) is 0 Å². The first-order valence-corrected chi connectivity index (χ1v) is 5.19. The normalized spacial score (nSPS) is 10.8. The third kappa shape index (κ3) is 1.26. The van der Waals surface area contributed by atoms with Gasteiger partial charge < -0.3 is 4.59 Å². The second-order valence-corrected chi connectivity index (χ2v) is 4.38. The highest BCUT2D eigenvalue weighted by Gasteiger charge is 2.05. The van der Waals surface area contributed by atoms with E-state index in [-0.39, 0.29) is 0 Å². The molecule has 2 rings (SSSR count). The summed E-state index contributed by atoms with van der Waals surface area (Å²) in [5, 5.41) is 5.34. The van der Waals surface area contributed by atoms with Crippen molar-refractivity contribution in [2.75, 3.05) is 0 Å². The number of pyridine rings is 1. The van der Waals surface area contributed by atoms with Gasteiger partial charge in [-0.25, -0.2) is 4.98 Å². The Bertz CT molecular complexity index is 442. The Morgan fingerprint density at radius 3 is 3.08 bits per heavy atom. The first kappa shape index (κ1) is 8.49.